The maximum absolute atomic E-state index is 12.9. The van der Waals surface area contributed by atoms with E-state index in [1.54, 1.807) is 18.2 Å². The van der Waals surface area contributed by atoms with Crippen LogP contribution in [0.3, 0.4) is 0 Å². The van der Waals surface area contributed by atoms with Gasteiger partial charge in [0.25, 0.3) is 0 Å². The number of H-pyrrole nitrogens is 1. The Kier molecular flexibility index (Phi) is 9.32. The molecule has 1 aliphatic rings. The Morgan fingerprint density at radius 1 is 1.17 bits per heavy atom. The molecule has 1 aliphatic heterocycles. The predicted octanol–water partition coefficient (Wildman–Crippen LogP) is 4.90. The first kappa shape index (κ1) is 30.2. The number of ether oxygens (including phenoxy) is 1. The van der Waals surface area contributed by atoms with Crippen molar-refractivity contribution in [2.75, 3.05) is 26.2 Å². The molecule has 3 heterocycles. The van der Waals surface area contributed by atoms with Gasteiger partial charge in [0.2, 0.25) is 10.0 Å². The van der Waals surface area contributed by atoms with Crippen molar-refractivity contribution in [1.82, 2.24) is 29.6 Å². The van der Waals surface area contributed by atoms with Crippen molar-refractivity contribution in [2.24, 2.45) is 5.92 Å². The lowest BCUT2D eigenvalue weighted by Crippen LogP contribution is -2.40. The van der Waals surface area contributed by atoms with Gasteiger partial charge in [-0.2, -0.15) is 0 Å². The van der Waals surface area contributed by atoms with Gasteiger partial charge in [0.05, 0.1) is 17.2 Å². The molecule has 12 heteroatoms. The minimum absolute atomic E-state index is 0.264. The summed E-state index contributed by atoms with van der Waals surface area (Å²) < 4.78 is 35.3. The average molecular weight is 613 g/mol. The average Bonchev–Trinajstić information content (AvgIpc) is 3.57. The van der Waals surface area contributed by atoms with Crippen LogP contribution in [-0.2, 0) is 27.7 Å². The normalized spacial score (nSPS) is 15.1. The highest BCUT2D eigenvalue weighted by molar-refractivity contribution is 7.89. The van der Waals surface area contributed by atoms with E-state index in [0.717, 1.165) is 48.8 Å². The van der Waals surface area contributed by atoms with E-state index in [-0.39, 0.29) is 6.10 Å². The Morgan fingerprint density at radius 3 is 2.60 bits per heavy atom. The summed E-state index contributed by atoms with van der Waals surface area (Å²) in [6, 6.07) is 12.4. The van der Waals surface area contributed by atoms with Crippen molar-refractivity contribution < 1.29 is 17.9 Å². The van der Waals surface area contributed by atoms with E-state index in [9.17, 15) is 13.2 Å². The Labute approximate surface area is 251 Å². The minimum Gasteiger partial charge on any atom is -0.458 e. The molecule has 0 amide bonds. The molecular weight excluding hydrogens is 576 g/mol. The Morgan fingerprint density at radius 2 is 1.90 bits per heavy atom. The van der Waals surface area contributed by atoms with Crippen molar-refractivity contribution in [2.45, 2.75) is 57.6 Å². The molecule has 10 nitrogen and oxygen atoms in total. The highest BCUT2D eigenvalue weighted by Crippen LogP contribution is 2.34. The zero-order valence-electron chi connectivity index (χ0n) is 24.1. The largest absolute Gasteiger partial charge is 0.458 e. The molecule has 0 radical (unpaired) electrons. The highest BCUT2D eigenvalue weighted by Gasteiger charge is 2.25. The maximum Gasteiger partial charge on any atom is 0.355 e. The zero-order chi connectivity index (χ0) is 29.9. The topological polar surface area (TPSA) is 122 Å². The quantitative estimate of drug-likeness (QED) is 0.231. The minimum atomic E-state index is -3.52. The number of hydrogen-bond acceptors (Lipinski definition) is 7. The second-order valence-electron chi connectivity index (χ2n) is 11.0. The third-order valence-electron chi connectivity index (χ3n) is 7.62. The number of rotatable bonds is 11. The molecule has 224 valence electrons. The number of nitrogens with one attached hydrogen (secondary N) is 2. The summed E-state index contributed by atoms with van der Waals surface area (Å²) in [6.45, 7) is 9.15. The molecule has 2 aromatic carbocycles. The van der Waals surface area contributed by atoms with E-state index < -0.39 is 16.0 Å². The van der Waals surface area contributed by atoms with E-state index in [0.29, 0.717) is 52.4 Å². The van der Waals surface area contributed by atoms with Crippen LogP contribution in [0.5, 0.6) is 0 Å². The summed E-state index contributed by atoms with van der Waals surface area (Å²) in [5.74, 6) is -0.0432. The summed E-state index contributed by atoms with van der Waals surface area (Å²) in [7, 11) is -3.52. The number of aromatic amines is 1. The van der Waals surface area contributed by atoms with Crippen LogP contribution in [0.2, 0.25) is 5.02 Å². The van der Waals surface area contributed by atoms with E-state index in [2.05, 4.69) is 24.9 Å². The number of piperidine rings is 1. The lowest BCUT2D eigenvalue weighted by molar-refractivity contribution is 0.0373. The van der Waals surface area contributed by atoms with Crippen LogP contribution < -0.4 is 4.72 Å². The number of carbonyl (C=O) groups is 1. The zero-order valence-corrected chi connectivity index (χ0v) is 25.7. The number of nitrogens with zero attached hydrogens (tertiary/aromatic N) is 4. The number of likely N-dealkylation sites (tertiary alicyclic amines) is 1. The summed E-state index contributed by atoms with van der Waals surface area (Å²) in [6.07, 6.45) is 4.41. The Hall–Kier alpha value is -3.25. The van der Waals surface area contributed by atoms with E-state index in [1.807, 2.05) is 55.9 Å². The first-order valence-corrected chi connectivity index (χ1v) is 16.2. The predicted molar refractivity (Wildman–Crippen MR) is 163 cm³/mol. The molecule has 1 saturated heterocycles. The van der Waals surface area contributed by atoms with E-state index in [4.69, 9.17) is 16.3 Å². The first-order chi connectivity index (χ1) is 20.1. The number of sulfonamides is 1. The molecule has 1 fully saturated rings. The SMILES string of the molecule is CCc1ccc(S(=O)(=O)NCCN2CCC(Cn3cc(-c4c(C(=O)OC(C)C)[nH]c5ccc(Cl)cc45)nn3)CC2)cc1. The van der Waals surface area contributed by atoms with Crippen LogP contribution in [0, 0.1) is 5.92 Å². The number of esters is 1. The standard InChI is InChI=1S/C30H37ClN6O4S/c1-4-21-5-8-24(9-6-21)42(39,40)32-13-16-36-14-11-22(12-15-36)18-37-19-27(34-35-37)28-25-17-23(31)7-10-26(25)33-29(28)30(38)41-20(2)3/h5-10,17,19-20,22,32-33H,4,11-16,18H2,1-3H3. The summed E-state index contributed by atoms with van der Waals surface area (Å²) in [4.78, 5) is 18.7. The molecule has 0 bridgehead atoms. The Balaban J connectivity index is 1.17. The number of aromatic nitrogens is 4. The Bertz CT molecular complexity index is 1640. The molecule has 0 atom stereocenters. The molecule has 2 aromatic heterocycles. The number of carbonyl (C=O) groups excluding carboxylic acids is 1. The third-order valence-corrected chi connectivity index (χ3v) is 9.33. The van der Waals surface area contributed by atoms with Crippen LogP contribution in [0.1, 0.15) is 49.7 Å². The van der Waals surface area contributed by atoms with Gasteiger partial charge in [0.1, 0.15) is 11.4 Å². The molecule has 0 spiro atoms. The second kappa shape index (κ2) is 12.9. The lowest BCUT2D eigenvalue weighted by Gasteiger charge is -2.31. The van der Waals surface area contributed by atoms with Gasteiger partial charge >= 0.3 is 5.97 Å². The molecular formula is C30H37ClN6O4S. The highest BCUT2D eigenvalue weighted by atomic mass is 35.5. The van der Waals surface area contributed by atoms with E-state index in [1.165, 1.54) is 0 Å². The first-order valence-electron chi connectivity index (χ1n) is 14.4. The van der Waals surface area contributed by atoms with Crippen molar-refractivity contribution in [3.8, 4) is 11.3 Å². The third kappa shape index (κ3) is 7.03. The van der Waals surface area contributed by atoms with Crippen LogP contribution in [0.15, 0.2) is 53.6 Å². The van der Waals surface area contributed by atoms with Crippen LogP contribution in [0.4, 0.5) is 0 Å². The van der Waals surface area contributed by atoms with Gasteiger partial charge in [-0.15, -0.1) is 5.10 Å². The van der Waals surface area contributed by atoms with Gasteiger partial charge in [0, 0.05) is 41.1 Å². The van der Waals surface area contributed by atoms with Crippen LogP contribution in [-0.4, -0.2) is 71.5 Å². The summed E-state index contributed by atoms with van der Waals surface area (Å²) >= 11 is 6.28. The molecule has 2 N–H and O–H groups in total. The maximum atomic E-state index is 12.9. The fraction of sp³-hybridized carbons (Fsp3) is 0.433. The van der Waals surface area contributed by atoms with E-state index >= 15 is 0 Å². The summed E-state index contributed by atoms with van der Waals surface area (Å²) in [5.41, 5.74) is 3.41. The molecule has 0 saturated carbocycles. The monoisotopic (exact) mass is 612 g/mol. The van der Waals surface area contributed by atoms with Gasteiger partial charge in [-0.1, -0.05) is 35.9 Å². The van der Waals surface area contributed by atoms with Gasteiger partial charge in [-0.3, -0.25) is 4.68 Å². The van der Waals surface area contributed by atoms with Gasteiger partial charge in [-0.05, 0) is 88.0 Å². The van der Waals surface area contributed by atoms with Crippen molar-refractivity contribution in [3.63, 3.8) is 0 Å². The number of benzene rings is 2. The van der Waals surface area contributed by atoms with Crippen molar-refractivity contribution >= 4 is 38.5 Å². The number of halogens is 1. The number of aryl methyl sites for hydroxylation is 1. The van der Waals surface area contributed by atoms with Crippen molar-refractivity contribution in [1.29, 1.82) is 0 Å². The van der Waals surface area contributed by atoms with Gasteiger partial charge in [-0.25, -0.2) is 17.9 Å². The fourth-order valence-corrected chi connectivity index (χ4v) is 6.53. The molecule has 42 heavy (non-hydrogen) atoms. The fourth-order valence-electron chi connectivity index (χ4n) is 5.34. The van der Waals surface area contributed by atoms with Gasteiger partial charge in [0.15, 0.2) is 0 Å². The smallest absolute Gasteiger partial charge is 0.355 e. The van der Waals surface area contributed by atoms with Crippen LogP contribution >= 0.6 is 11.6 Å². The second-order valence-corrected chi connectivity index (χ2v) is 13.2. The molecule has 0 aliphatic carbocycles. The number of fused-ring (bicyclic) bond motifs is 1. The van der Waals surface area contributed by atoms with Gasteiger partial charge < -0.3 is 14.6 Å². The van der Waals surface area contributed by atoms with Crippen molar-refractivity contribution in [3.05, 3.63) is 64.9 Å². The number of hydrogen-bond donors (Lipinski definition) is 2. The lowest BCUT2D eigenvalue weighted by atomic mass is 9.97. The molecule has 0 unspecified atom stereocenters. The molecule has 4 aromatic rings. The molecule has 5 rings (SSSR count). The van der Waals surface area contributed by atoms with Crippen LogP contribution in [0.25, 0.3) is 22.2 Å². The summed E-state index contributed by atoms with van der Waals surface area (Å²) in [5, 5.41) is 10.1.